The van der Waals surface area contributed by atoms with E-state index in [1.165, 1.54) is 11.1 Å². The van der Waals surface area contributed by atoms with Gasteiger partial charge in [0.05, 0.1) is 13.2 Å². The summed E-state index contributed by atoms with van der Waals surface area (Å²) in [5.74, 6) is -1.22. The van der Waals surface area contributed by atoms with E-state index in [-0.39, 0.29) is 34.6 Å². The fourth-order valence-electron chi connectivity index (χ4n) is 7.20. The third-order valence-electron chi connectivity index (χ3n) is 10.3. The second kappa shape index (κ2) is 19.9. The van der Waals surface area contributed by atoms with Crippen molar-refractivity contribution in [2.24, 2.45) is 0 Å². The van der Waals surface area contributed by atoms with E-state index in [2.05, 4.69) is 86.7 Å². The largest absolute Gasteiger partial charge is 0.871 e. The van der Waals surface area contributed by atoms with E-state index < -0.39 is 0 Å². The zero-order valence-electron chi connectivity index (χ0n) is 34.9. The van der Waals surface area contributed by atoms with Gasteiger partial charge in [0.1, 0.15) is 6.54 Å². The molecule has 5 rings (SSSR count). The number of benzene rings is 3. The highest BCUT2D eigenvalue weighted by Gasteiger charge is 2.31. The van der Waals surface area contributed by atoms with Gasteiger partial charge in [0, 0.05) is 70.4 Å². The van der Waals surface area contributed by atoms with Crippen LogP contribution in [0.4, 0.5) is 17.1 Å². The van der Waals surface area contributed by atoms with Crippen LogP contribution in [0.1, 0.15) is 80.2 Å². The molecule has 8 heteroatoms. The van der Waals surface area contributed by atoms with Gasteiger partial charge in [-0.15, -0.1) is 0 Å². The zero-order chi connectivity index (χ0) is 41.9. The fraction of sp³-hybridized carbons (Fsp3) is 0.320. The SMILES string of the molecule is C=C(C)C(=O)OCCCCCN(c1ccc(C2=C([O-])C(=C3C=CC(=[N+](CCCCCOC(=O)C(=C)C)c4ccc(C)cc4C)C=C3)C2=O)cc1)c1ccc(C)cc1C. The number of hydrogen-bond acceptors (Lipinski definition) is 7. The smallest absolute Gasteiger partial charge is 0.333 e. The van der Waals surface area contributed by atoms with Crippen LogP contribution in [0, 0.1) is 27.7 Å². The molecule has 3 aromatic carbocycles. The lowest BCUT2D eigenvalue weighted by Crippen LogP contribution is -2.30. The summed E-state index contributed by atoms with van der Waals surface area (Å²) in [5, 5.41) is 13.6. The van der Waals surface area contributed by atoms with Crippen LogP contribution in [-0.2, 0) is 23.9 Å². The third-order valence-corrected chi connectivity index (χ3v) is 10.3. The van der Waals surface area contributed by atoms with E-state index in [0.29, 0.717) is 35.5 Å². The Hall–Kier alpha value is -6.02. The molecule has 2 aliphatic carbocycles. The summed E-state index contributed by atoms with van der Waals surface area (Å²) in [6.07, 6.45) is 12.7. The minimum Gasteiger partial charge on any atom is -0.871 e. The molecule has 0 amide bonds. The first-order valence-corrected chi connectivity index (χ1v) is 20.2. The molecule has 2 aliphatic rings. The maximum atomic E-state index is 13.6. The van der Waals surface area contributed by atoms with Crippen molar-refractivity contribution in [2.45, 2.75) is 80.1 Å². The monoisotopic (exact) mass is 780 g/mol. The topological polar surface area (TPSA) is 99.0 Å². The Labute approximate surface area is 343 Å². The van der Waals surface area contributed by atoms with Crippen molar-refractivity contribution < 1.29 is 33.5 Å². The normalized spacial score (nSPS) is 13.4. The number of nitrogens with zero attached hydrogens (tertiary/aromatic N) is 2. The van der Waals surface area contributed by atoms with E-state index in [0.717, 1.165) is 85.5 Å². The summed E-state index contributed by atoms with van der Waals surface area (Å²) >= 11 is 0. The van der Waals surface area contributed by atoms with Crippen molar-refractivity contribution in [3.05, 3.63) is 154 Å². The average molecular weight is 781 g/mol. The number of carbonyl (C=O) groups is 3. The molecule has 3 aromatic rings. The summed E-state index contributed by atoms with van der Waals surface area (Å²) in [7, 11) is 0. The number of unbranched alkanes of at least 4 members (excludes halogenated alkanes) is 4. The molecule has 0 saturated heterocycles. The van der Waals surface area contributed by atoms with E-state index in [1.807, 2.05) is 48.6 Å². The van der Waals surface area contributed by atoms with Crippen LogP contribution >= 0.6 is 0 Å². The first-order chi connectivity index (χ1) is 27.8. The van der Waals surface area contributed by atoms with Crippen LogP contribution in [0.2, 0.25) is 0 Å². The van der Waals surface area contributed by atoms with Gasteiger partial charge in [-0.25, -0.2) is 9.59 Å². The number of ether oxygens (including phenoxy) is 2. The fourth-order valence-corrected chi connectivity index (χ4v) is 7.20. The molecule has 8 nitrogen and oxygen atoms in total. The molecule has 0 unspecified atom stereocenters. The van der Waals surface area contributed by atoms with Gasteiger partial charge in [0.2, 0.25) is 11.4 Å². The van der Waals surface area contributed by atoms with Crippen LogP contribution in [0.15, 0.2) is 126 Å². The number of Topliss-reactive ketones (excluding diaryl/α,β-unsaturated/α-hetero) is 1. The molecule has 0 aliphatic heterocycles. The number of anilines is 2. The number of esters is 2. The van der Waals surface area contributed by atoms with Crippen LogP contribution in [0.3, 0.4) is 0 Å². The molecular weight excluding hydrogens is 725 g/mol. The second-order valence-electron chi connectivity index (χ2n) is 15.3. The summed E-state index contributed by atoms with van der Waals surface area (Å²) < 4.78 is 12.8. The molecule has 0 N–H and O–H groups in total. The summed E-state index contributed by atoms with van der Waals surface area (Å²) in [6, 6.07) is 20.4. The minimum absolute atomic E-state index is 0.207. The molecule has 0 bridgehead atoms. The second-order valence-corrected chi connectivity index (χ2v) is 15.3. The number of allylic oxidation sites excluding steroid dienone is 7. The summed E-state index contributed by atoms with van der Waals surface area (Å²) in [6.45, 7) is 21.1. The molecule has 0 saturated carbocycles. The first-order valence-electron chi connectivity index (χ1n) is 20.2. The Morgan fingerprint density at radius 3 is 1.81 bits per heavy atom. The molecule has 0 radical (unpaired) electrons. The Morgan fingerprint density at radius 1 is 0.690 bits per heavy atom. The summed E-state index contributed by atoms with van der Waals surface area (Å²) in [5.41, 5.74) is 11.2. The lowest BCUT2D eigenvalue weighted by Gasteiger charge is -2.32. The molecule has 58 heavy (non-hydrogen) atoms. The van der Waals surface area contributed by atoms with Crippen LogP contribution in [0.5, 0.6) is 0 Å². The Bertz CT molecular complexity index is 2230. The highest BCUT2D eigenvalue weighted by Crippen LogP contribution is 2.39. The molecule has 302 valence electrons. The average Bonchev–Trinajstić information content (AvgIpc) is 3.19. The van der Waals surface area contributed by atoms with Gasteiger partial charge in [-0.2, -0.15) is 4.58 Å². The minimum atomic E-state index is -0.363. The van der Waals surface area contributed by atoms with E-state index in [1.54, 1.807) is 13.8 Å². The lowest BCUT2D eigenvalue weighted by molar-refractivity contribution is -0.440. The molecular formula is C50H56N2O6. The number of aryl methyl sites for hydroxylation is 4. The maximum absolute atomic E-state index is 13.6. The highest BCUT2D eigenvalue weighted by atomic mass is 16.5. The van der Waals surface area contributed by atoms with Gasteiger partial charge in [-0.3, -0.25) is 4.79 Å². The molecule has 0 atom stereocenters. The Kier molecular flexibility index (Phi) is 14.8. The Morgan fingerprint density at radius 2 is 1.26 bits per heavy atom. The third kappa shape index (κ3) is 10.7. The zero-order valence-corrected chi connectivity index (χ0v) is 34.9. The van der Waals surface area contributed by atoms with Crippen molar-refractivity contribution >= 4 is 46.1 Å². The van der Waals surface area contributed by atoms with E-state index >= 15 is 0 Å². The van der Waals surface area contributed by atoms with Crippen molar-refractivity contribution in [3.8, 4) is 0 Å². The Balaban J connectivity index is 1.31. The van der Waals surface area contributed by atoms with Gasteiger partial charge in [-0.1, -0.05) is 60.4 Å². The van der Waals surface area contributed by atoms with Crippen LogP contribution in [0.25, 0.3) is 5.57 Å². The maximum Gasteiger partial charge on any atom is 0.333 e. The van der Waals surface area contributed by atoms with Gasteiger partial charge in [0.15, 0.2) is 5.78 Å². The van der Waals surface area contributed by atoms with E-state index in [9.17, 15) is 19.5 Å². The van der Waals surface area contributed by atoms with Gasteiger partial charge >= 0.3 is 11.9 Å². The summed E-state index contributed by atoms with van der Waals surface area (Å²) in [4.78, 5) is 39.4. The molecule has 0 fully saturated rings. The van der Waals surface area contributed by atoms with Gasteiger partial charge in [-0.05, 0) is 127 Å². The van der Waals surface area contributed by atoms with Crippen LogP contribution < -0.4 is 10.0 Å². The van der Waals surface area contributed by atoms with Crippen molar-refractivity contribution in [1.82, 2.24) is 0 Å². The van der Waals surface area contributed by atoms with Crippen LogP contribution in [-0.4, -0.2) is 54.3 Å². The quantitative estimate of drug-likeness (QED) is 0.0549. The first kappa shape index (κ1) is 43.1. The standard InChI is InChI=1S/C50H56N2O6/c1-33(2)49(55)57-29-13-9-11-27-51(43-25-15-35(5)31-37(43)7)41-21-17-39(18-22-41)45-47(53)46(48(45)54)40-19-23-42(24-20-40)52(44-26-16-36(6)32-38(44)8)28-12-10-14-30-58-50(56)34(3)4/h15-26,31-32H,1,3,9-14,27-30H2,2,4-8H3. The van der Waals surface area contributed by atoms with Crippen molar-refractivity contribution in [3.63, 3.8) is 0 Å². The molecule has 0 spiro atoms. The number of carbonyl (C=O) groups excluding carboxylic acids is 3. The van der Waals surface area contributed by atoms with E-state index in [4.69, 9.17) is 9.47 Å². The molecule has 0 heterocycles. The lowest BCUT2D eigenvalue weighted by atomic mass is 9.80. The number of hydrogen-bond donors (Lipinski definition) is 0. The molecule has 0 aromatic heterocycles. The predicted octanol–water partition coefficient (Wildman–Crippen LogP) is 9.50. The van der Waals surface area contributed by atoms with Gasteiger partial charge < -0.3 is 19.5 Å². The predicted molar refractivity (Wildman–Crippen MR) is 232 cm³/mol. The van der Waals surface area contributed by atoms with Crippen molar-refractivity contribution in [1.29, 1.82) is 0 Å². The number of rotatable bonds is 18. The van der Waals surface area contributed by atoms with Crippen molar-refractivity contribution in [2.75, 3.05) is 31.2 Å². The highest BCUT2D eigenvalue weighted by molar-refractivity contribution is 6.39. The van der Waals surface area contributed by atoms with Gasteiger partial charge in [0.25, 0.3) is 0 Å². The number of ketones is 1.